The molecule has 0 bridgehead atoms. The molecule has 2 rings (SSSR count). The van der Waals surface area contributed by atoms with Crippen molar-refractivity contribution in [3.05, 3.63) is 59.7 Å². The highest BCUT2D eigenvalue weighted by molar-refractivity contribution is 5.36. The summed E-state index contributed by atoms with van der Waals surface area (Å²) < 4.78 is 5.51. The van der Waals surface area contributed by atoms with Gasteiger partial charge in [0.25, 0.3) is 0 Å². The molecule has 2 N–H and O–H groups in total. The van der Waals surface area contributed by atoms with Gasteiger partial charge in [-0.3, -0.25) is 0 Å². The number of ether oxygens (including phenoxy) is 1. The first kappa shape index (κ1) is 13.4. The summed E-state index contributed by atoms with van der Waals surface area (Å²) in [6.07, 6.45) is -0.206. The summed E-state index contributed by atoms with van der Waals surface area (Å²) >= 11 is 0. The molecule has 0 saturated heterocycles. The second kappa shape index (κ2) is 6.25. The topological polar surface area (TPSA) is 49.7 Å². The van der Waals surface area contributed by atoms with E-state index in [1.807, 2.05) is 37.3 Å². The van der Waals surface area contributed by atoms with Crippen LogP contribution in [-0.2, 0) is 6.42 Å². The van der Waals surface area contributed by atoms with E-state index in [0.717, 1.165) is 11.1 Å². The van der Waals surface area contributed by atoms with Crippen molar-refractivity contribution in [1.29, 1.82) is 0 Å². The minimum absolute atomic E-state index is 0.211. The molecule has 0 spiro atoms. The lowest BCUT2D eigenvalue weighted by atomic mass is 10.0. The molecule has 0 amide bonds. The van der Waals surface area contributed by atoms with E-state index in [1.165, 1.54) is 0 Å². The Morgan fingerprint density at radius 3 is 2.63 bits per heavy atom. The minimum atomic E-state index is -0.649. The summed E-state index contributed by atoms with van der Waals surface area (Å²) in [5.74, 6) is 0.917. The first-order valence-electron chi connectivity index (χ1n) is 6.38. The third-order valence-corrected chi connectivity index (χ3v) is 2.92. The molecule has 3 heteroatoms. The summed E-state index contributed by atoms with van der Waals surface area (Å²) in [7, 11) is 0. The second-order valence-corrected chi connectivity index (χ2v) is 4.36. The number of aliphatic hydroxyl groups is 1. The van der Waals surface area contributed by atoms with Crippen LogP contribution in [0.2, 0.25) is 0 Å². The maximum absolute atomic E-state index is 10.3. The van der Waals surface area contributed by atoms with E-state index in [1.54, 1.807) is 18.2 Å². The van der Waals surface area contributed by atoms with Crippen molar-refractivity contribution in [3.8, 4) is 11.5 Å². The van der Waals surface area contributed by atoms with Gasteiger partial charge in [-0.15, -0.1) is 0 Å². The zero-order chi connectivity index (χ0) is 13.7. The summed E-state index contributed by atoms with van der Waals surface area (Å²) in [5, 5.41) is 19.7. The maximum Gasteiger partial charge on any atom is 0.125 e. The monoisotopic (exact) mass is 258 g/mol. The second-order valence-electron chi connectivity index (χ2n) is 4.36. The lowest BCUT2D eigenvalue weighted by Crippen LogP contribution is -2.05. The van der Waals surface area contributed by atoms with Crippen LogP contribution in [0.1, 0.15) is 24.2 Å². The van der Waals surface area contributed by atoms with E-state index in [4.69, 9.17) is 4.74 Å². The summed E-state index contributed by atoms with van der Waals surface area (Å²) in [4.78, 5) is 0. The number of hydrogen-bond acceptors (Lipinski definition) is 3. The van der Waals surface area contributed by atoms with Gasteiger partial charge in [-0.1, -0.05) is 30.3 Å². The van der Waals surface area contributed by atoms with Gasteiger partial charge in [0.05, 0.1) is 12.7 Å². The van der Waals surface area contributed by atoms with Crippen LogP contribution in [-0.4, -0.2) is 16.8 Å². The number of aromatic hydroxyl groups is 1. The average Bonchev–Trinajstić information content (AvgIpc) is 2.39. The lowest BCUT2D eigenvalue weighted by Gasteiger charge is -2.15. The molecule has 0 aliphatic carbocycles. The molecule has 0 heterocycles. The highest BCUT2D eigenvalue weighted by atomic mass is 16.5. The predicted molar refractivity (Wildman–Crippen MR) is 74.4 cm³/mol. The van der Waals surface area contributed by atoms with Crippen LogP contribution in [0.4, 0.5) is 0 Å². The van der Waals surface area contributed by atoms with Crippen LogP contribution in [0, 0.1) is 0 Å². The molecule has 1 atom stereocenters. The summed E-state index contributed by atoms with van der Waals surface area (Å²) in [6.45, 7) is 2.48. The molecule has 3 nitrogen and oxygen atoms in total. The quantitative estimate of drug-likeness (QED) is 0.866. The first-order chi connectivity index (χ1) is 9.20. The Morgan fingerprint density at radius 1 is 1.11 bits per heavy atom. The van der Waals surface area contributed by atoms with E-state index in [9.17, 15) is 10.2 Å². The normalized spacial score (nSPS) is 12.1. The van der Waals surface area contributed by atoms with Crippen LogP contribution in [0.25, 0.3) is 0 Å². The van der Waals surface area contributed by atoms with E-state index in [2.05, 4.69) is 0 Å². The van der Waals surface area contributed by atoms with Gasteiger partial charge in [-0.25, -0.2) is 0 Å². The van der Waals surface area contributed by atoms with E-state index in [0.29, 0.717) is 18.8 Å². The zero-order valence-electron chi connectivity index (χ0n) is 10.9. The summed E-state index contributed by atoms with van der Waals surface area (Å²) in [5.41, 5.74) is 1.66. The minimum Gasteiger partial charge on any atom is -0.508 e. The SMILES string of the molecule is CCOc1ccccc1C(O)Cc1cccc(O)c1. The van der Waals surface area contributed by atoms with Crippen molar-refractivity contribution in [2.24, 2.45) is 0 Å². The van der Waals surface area contributed by atoms with Gasteiger partial charge in [-0.2, -0.15) is 0 Å². The van der Waals surface area contributed by atoms with Gasteiger partial charge in [0.1, 0.15) is 11.5 Å². The molecule has 0 aromatic heterocycles. The highest BCUT2D eigenvalue weighted by Gasteiger charge is 2.13. The largest absolute Gasteiger partial charge is 0.508 e. The van der Waals surface area contributed by atoms with E-state index < -0.39 is 6.10 Å². The first-order valence-corrected chi connectivity index (χ1v) is 6.38. The highest BCUT2D eigenvalue weighted by Crippen LogP contribution is 2.28. The number of phenolic OH excluding ortho intramolecular Hbond substituents is 1. The zero-order valence-corrected chi connectivity index (χ0v) is 10.9. The van der Waals surface area contributed by atoms with Gasteiger partial charge < -0.3 is 14.9 Å². The lowest BCUT2D eigenvalue weighted by molar-refractivity contribution is 0.172. The molecule has 1 unspecified atom stereocenters. The molecule has 2 aromatic carbocycles. The molecule has 0 aliphatic rings. The fraction of sp³-hybridized carbons (Fsp3) is 0.250. The number of para-hydroxylation sites is 1. The van der Waals surface area contributed by atoms with Gasteiger partial charge >= 0.3 is 0 Å². The Morgan fingerprint density at radius 2 is 1.89 bits per heavy atom. The fourth-order valence-electron chi connectivity index (χ4n) is 2.06. The van der Waals surface area contributed by atoms with E-state index in [-0.39, 0.29) is 5.75 Å². The summed E-state index contributed by atoms with van der Waals surface area (Å²) in [6, 6.07) is 14.4. The molecule has 0 saturated carbocycles. The van der Waals surface area contributed by atoms with Gasteiger partial charge in [0, 0.05) is 12.0 Å². The molecule has 0 aliphatic heterocycles. The van der Waals surface area contributed by atoms with Gasteiger partial charge in [0.15, 0.2) is 0 Å². The Labute approximate surface area is 113 Å². The molecule has 2 aromatic rings. The van der Waals surface area contributed by atoms with Crippen molar-refractivity contribution >= 4 is 0 Å². The molecular weight excluding hydrogens is 240 g/mol. The number of aliphatic hydroxyl groups excluding tert-OH is 1. The number of hydrogen-bond donors (Lipinski definition) is 2. The number of phenols is 1. The molecule has 0 fully saturated rings. The number of rotatable bonds is 5. The Hall–Kier alpha value is -2.00. The standard InChI is InChI=1S/C16H18O3/c1-2-19-16-9-4-3-8-14(16)15(18)11-12-6-5-7-13(17)10-12/h3-10,15,17-18H,2,11H2,1H3. The Kier molecular flexibility index (Phi) is 4.42. The van der Waals surface area contributed by atoms with Gasteiger partial charge in [0.2, 0.25) is 0 Å². The van der Waals surface area contributed by atoms with E-state index >= 15 is 0 Å². The molecule has 100 valence electrons. The number of benzene rings is 2. The third kappa shape index (κ3) is 3.48. The van der Waals surface area contributed by atoms with Crippen molar-refractivity contribution in [3.63, 3.8) is 0 Å². The smallest absolute Gasteiger partial charge is 0.125 e. The van der Waals surface area contributed by atoms with Crippen molar-refractivity contribution in [2.45, 2.75) is 19.4 Å². The third-order valence-electron chi connectivity index (χ3n) is 2.92. The molecule has 0 radical (unpaired) electrons. The molecular formula is C16H18O3. The maximum atomic E-state index is 10.3. The van der Waals surface area contributed by atoms with Crippen molar-refractivity contribution in [2.75, 3.05) is 6.61 Å². The Bertz CT molecular complexity index is 537. The average molecular weight is 258 g/mol. The van der Waals surface area contributed by atoms with Gasteiger partial charge in [-0.05, 0) is 30.7 Å². The fourth-order valence-corrected chi connectivity index (χ4v) is 2.06. The van der Waals surface area contributed by atoms with Crippen molar-refractivity contribution < 1.29 is 14.9 Å². The van der Waals surface area contributed by atoms with Crippen LogP contribution in [0.3, 0.4) is 0 Å². The van der Waals surface area contributed by atoms with Crippen LogP contribution >= 0.6 is 0 Å². The Balaban J connectivity index is 2.17. The van der Waals surface area contributed by atoms with Crippen LogP contribution < -0.4 is 4.74 Å². The molecule has 19 heavy (non-hydrogen) atoms. The van der Waals surface area contributed by atoms with Crippen molar-refractivity contribution in [1.82, 2.24) is 0 Å². The van der Waals surface area contributed by atoms with Crippen LogP contribution in [0.15, 0.2) is 48.5 Å². The predicted octanol–water partition coefficient (Wildman–Crippen LogP) is 3.07. The van der Waals surface area contributed by atoms with Crippen LogP contribution in [0.5, 0.6) is 11.5 Å².